The molecule has 0 atom stereocenters. The topological polar surface area (TPSA) is 111 Å². The molecule has 8 nitrogen and oxygen atoms in total. The summed E-state index contributed by atoms with van der Waals surface area (Å²) in [6.45, 7) is 2.34. The first kappa shape index (κ1) is 23.1. The predicted octanol–water partition coefficient (Wildman–Crippen LogP) is 4.29. The van der Waals surface area contributed by atoms with Crippen LogP contribution < -0.4 is 14.8 Å². The van der Waals surface area contributed by atoms with E-state index in [-0.39, 0.29) is 17.0 Å². The molecule has 1 amide bonds. The van der Waals surface area contributed by atoms with Crippen LogP contribution in [0, 0.1) is 6.92 Å². The van der Waals surface area contributed by atoms with Crippen molar-refractivity contribution in [2.75, 3.05) is 4.72 Å². The lowest BCUT2D eigenvalue weighted by molar-refractivity contribution is 0.0947. The smallest absolute Gasteiger partial charge is 0.261 e. The van der Waals surface area contributed by atoms with Crippen molar-refractivity contribution < 1.29 is 22.5 Å². The first-order valence-electron chi connectivity index (χ1n) is 10.5. The average molecular weight is 478 g/mol. The van der Waals surface area contributed by atoms with Gasteiger partial charge in [0.2, 0.25) is 0 Å². The molecule has 4 aromatic rings. The Morgan fingerprint density at radius 3 is 2.44 bits per heavy atom. The number of sulfonamides is 1. The number of hydrogen-bond acceptors (Lipinski definition) is 6. The van der Waals surface area contributed by atoms with Gasteiger partial charge in [0.15, 0.2) is 5.76 Å². The first-order chi connectivity index (χ1) is 16.4. The Labute approximate surface area is 197 Å². The van der Waals surface area contributed by atoms with Crippen LogP contribution in [0.3, 0.4) is 0 Å². The van der Waals surface area contributed by atoms with Crippen LogP contribution in [0.25, 0.3) is 0 Å². The zero-order chi connectivity index (χ0) is 24.0. The highest BCUT2D eigenvalue weighted by Gasteiger charge is 2.17. The van der Waals surface area contributed by atoms with Crippen molar-refractivity contribution in [3.8, 4) is 5.75 Å². The highest BCUT2D eigenvalue weighted by molar-refractivity contribution is 7.92. The molecule has 0 aliphatic heterocycles. The van der Waals surface area contributed by atoms with E-state index in [0.29, 0.717) is 29.5 Å². The van der Waals surface area contributed by atoms with Crippen LogP contribution in [0.2, 0.25) is 0 Å². The molecule has 0 unspecified atom stereocenters. The Balaban J connectivity index is 1.38. The fourth-order valence-electron chi connectivity index (χ4n) is 3.15. The Kier molecular flexibility index (Phi) is 6.93. The number of hydrogen-bond donors (Lipinski definition) is 2. The molecule has 1 heterocycles. The molecular formula is C25H23N3O5S. The monoisotopic (exact) mass is 477 g/mol. The van der Waals surface area contributed by atoms with Crippen molar-refractivity contribution in [3.05, 3.63) is 108 Å². The molecule has 0 bridgehead atoms. The Bertz CT molecular complexity index is 1370. The van der Waals surface area contributed by atoms with E-state index in [1.54, 1.807) is 43.3 Å². The summed E-state index contributed by atoms with van der Waals surface area (Å²) in [5.74, 6) is 0.700. The van der Waals surface area contributed by atoms with Gasteiger partial charge in [0.05, 0.1) is 17.1 Å². The molecule has 9 heteroatoms. The zero-order valence-corrected chi connectivity index (χ0v) is 19.2. The van der Waals surface area contributed by atoms with Crippen LogP contribution >= 0.6 is 0 Å². The van der Waals surface area contributed by atoms with E-state index in [4.69, 9.17) is 9.26 Å². The average Bonchev–Trinajstić information content (AvgIpc) is 3.27. The highest BCUT2D eigenvalue weighted by Crippen LogP contribution is 2.21. The molecule has 0 saturated carbocycles. The number of nitrogens with one attached hydrogen (secondary N) is 2. The lowest BCUT2D eigenvalue weighted by atomic mass is 10.2. The van der Waals surface area contributed by atoms with Crippen molar-refractivity contribution in [1.29, 1.82) is 0 Å². The number of carbonyl (C=O) groups is 1. The van der Waals surface area contributed by atoms with Gasteiger partial charge in [0, 0.05) is 17.3 Å². The summed E-state index contributed by atoms with van der Waals surface area (Å²) in [4.78, 5) is 12.4. The van der Waals surface area contributed by atoms with E-state index >= 15 is 0 Å². The van der Waals surface area contributed by atoms with Crippen LogP contribution in [0.1, 0.15) is 27.4 Å². The highest BCUT2D eigenvalue weighted by atomic mass is 32.2. The molecule has 0 fully saturated rings. The maximum Gasteiger partial charge on any atom is 0.261 e. The van der Waals surface area contributed by atoms with Crippen molar-refractivity contribution in [2.24, 2.45) is 0 Å². The molecule has 4 rings (SSSR count). The van der Waals surface area contributed by atoms with Gasteiger partial charge in [-0.3, -0.25) is 9.52 Å². The van der Waals surface area contributed by atoms with Gasteiger partial charge in [-0.05, 0) is 55.0 Å². The number of anilines is 1. The van der Waals surface area contributed by atoms with Crippen LogP contribution in [0.15, 0.2) is 94.3 Å². The third kappa shape index (κ3) is 6.02. The number of amides is 1. The van der Waals surface area contributed by atoms with E-state index in [9.17, 15) is 13.2 Å². The molecule has 3 aromatic carbocycles. The van der Waals surface area contributed by atoms with Gasteiger partial charge in [-0.25, -0.2) is 8.42 Å². The Morgan fingerprint density at radius 1 is 0.971 bits per heavy atom. The number of nitrogens with zero attached hydrogens (tertiary/aromatic N) is 1. The fourth-order valence-corrected chi connectivity index (χ4v) is 4.25. The lowest BCUT2D eigenvalue weighted by Crippen LogP contribution is -2.23. The number of benzene rings is 3. The molecule has 34 heavy (non-hydrogen) atoms. The number of carbonyl (C=O) groups excluding carboxylic acids is 1. The molecule has 0 saturated heterocycles. The minimum Gasteiger partial charge on any atom is -0.489 e. The second-order valence-electron chi connectivity index (χ2n) is 7.55. The largest absolute Gasteiger partial charge is 0.489 e. The first-order valence-corrected chi connectivity index (χ1v) is 12.0. The van der Waals surface area contributed by atoms with Gasteiger partial charge < -0.3 is 14.6 Å². The maximum atomic E-state index is 12.9. The van der Waals surface area contributed by atoms with Gasteiger partial charge in [-0.2, -0.15) is 0 Å². The van der Waals surface area contributed by atoms with Gasteiger partial charge in [-0.15, -0.1) is 0 Å². The standard InChI is InChI=1S/C25H23N3O5S/c1-18-14-23(33-27-18)16-26-25(29)20-8-5-9-24(15-20)34(30,31)28-21-10-12-22(13-11-21)32-17-19-6-3-2-4-7-19/h2-15,28H,16-17H2,1H3,(H,26,29). The molecular weight excluding hydrogens is 454 g/mol. The summed E-state index contributed by atoms with van der Waals surface area (Å²) >= 11 is 0. The van der Waals surface area contributed by atoms with E-state index in [2.05, 4.69) is 15.2 Å². The summed E-state index contributed by atoms with van der Waals surface area (Å²) < 4.78 is 39.0. The second-order valence-corrected chi connectivity index (χ2v) is 9.23. The summed E-state index contributed by atoms with van der Waals surface area (Å²) in [5.41, 5.74) is 2.33. The van der Waals surface area contributed by atoms with Crippen molar-refractivity contribution in [2.45, 2.75) is 25.0 Å². The summed E-state index contributed by atoms with van der Waals surface area (Å²) in [6.07, 6.45) is 0. The quantitative estimate of drug-likeness (QED) is 0.372. The van der Waals surface area contributed by atoms with Gasteiger partial charge in [0.25, 0.3) is 15.9 Å². The van der Waals surface area contributed by atoms with Crippen molar-refractivity contribution in [3.63, 3.8) is 0 Å². The Hall–Kier alpha value is -4.11. The normalized spacial score (nSPS) is 11.1. The van der Waals surface area contributed by atoms with Gasteiger partial charge in [0.1, 0.15) is 12.4 Å². The minimum atomic E-state index is -3.90. The maximum absolute atomic E-state index is 12.9. The lowest BCUT2D eigenvalue weighted by Gasteiger charge is -2.11. The van der Waals surface area contributed by atoms with E-state index < -0.39 is 15.9 Å². The minimum absolute atomic E-state index is 0.0277. The molecule has 174 valence electrons. The molecule has 0 radical (unpaired) electrons. The van der Waals surface area contributed by atoms with Gasteiger partial charge in [-0.1, -0.05) is 41.6 Å². The number of rotatable bonds is 9. The van der Waals surface area contributed by atoms with Crippen LogP contribution in [0.4, 0.5) is 5.69 Å². The fraction of sp³-hybridized carbons (Fsp3) is 0.120. The predicted molar refractivity (Wildman–Crippen MR) is 127 cm³/mol. The molecule has 0 spiro atoms. The Morgan fingerprint density at radius 2 is 1.74 bits per heavy atom. The van der Waals surface area contributed by atoms with E-state index in [1.165, 1.54) is 18.2 Å². The summed E-state index contributed by atoms with van der Waals surface area (Å²) in [7, 11) is -3.90. The zero-order valence-electron chi connectivity index (χ0n) is 18.4. The van der Waals surface area contributed by atoms with Gasteiger partial charge >= 0.3 is 0 Å². The van der Waals surface area contributed by atoms with Crippen molar-refractivity contribution >= 4 is 21.6 Å². The summed E-state index contributed by atoms with van der Waals surface area (Å²) in [5, 5.41) is 6.45. The third-order valence-corrected chi connectivity index (χ3v) is 6.24. The van der Waals surface area contributed by atoms with Crippen LogP contribution in [0.5, 0.6) is 5.75 Å². The van der Waals surface area contributed by atoms with Crippen LogP contribution in [-0.4, -0.2) is 19.5 Å². The molecule has 1 aromatic heterocycles. The number of ether oxygens (including phenoxy) is 1. The van der Waals surface area contributed by atoms with E-state index in [1.807, 2.05) is 30.3 Å². The number of aromatic nitrogens is 1. The molecule has 2 N–H and O–H groups in total. The SMILES string of the molecule is Cc1cc(CNC(=O)c2cccc(S(=O)(=O)Nc3ccc(OCc4ccccc4)cc3)c2)on1. The van der Waals surface area contributed by atoms with Crippen LogP contribution in [-0.2, 0) is 23.2 Å². The van der Waals surface area contributed by atoms with E-state index in [0.717, 1.165) is 5.56 Å². The second kappa shape index (κ2) is 10.2. The number of aryl methyl sites for hydroxylation is 1. The molecule has 0 aliphatic carbocycles. The van der Waals surface area contributed by atoms with Crippen molar-refractivity contribution in [1.82, 2.24) is 10.5 Å². The summed E-state index contributed by atoms with van der Waals surface area (Å²) in [6, 6.07) is 23.9. The molecule has 0 aliphatic rings. The third-order valence-electron chi connectivity index (χ3n) is 4.86.